The molecule has 12 nitrogen and oxygen atoms in total. The Morgan fingerprint density at radius 3 is 2.43 bits per heavy atom. The van der Waals surface area contributed by atoms with Gasteiger partial charge in [-0.1, -0.05) is 0 Å². The summed E-state index contributed by atoms with van der Waals surface area (Å²) in [5.41, 5.74) is -0.854. The second kappa shape index (κ2) is 6.62. The Morgan fingerprint density at radius 2 is 1.73 bits per heavy atom. The first kappa shape index (κ1) is 19.0. The first-order valence-corrected chi connectivity index (χ1v) is 8.65. The predicted molar refractivity (Wildman–Crippen MR) is 109 cm³/mol. The predicted octanol–water partition coefficient (Wildman–Crippen LogP) is -0.678. The fourth-order valence-electron chi connectivity index (χ4n) is 3.00. The van der Waals surface area contributed by atoms with Crippen LogP contribution in [-0.2, 0) is 14.1 Å². The normalized spacial score (nSPS) is 11.7. The van der Waals surface area contributed by atoms with Crippen LogP contribution >= 0.6 is 0 Å². The van der Waals surface area contributed by atoms with Gasteiger partial charge < -0.3 is 5.11 Å². The zero-order valence-electron chi connectivity index (χ0n) is 16.0. The zero-order valence-corrected chi connectivity index (χ0v) is 16.0. The molecule has 3 aromatic heterocycles. The Morgan fingerprint density at radius 1 is 1.03 bits per heavy atom. The highest BCUT2D eigenvalue weighted by Crippen LogP contribution is 2.25. The molecule has 0 saturated heterocycles. The fraction of sp³-hybridized carbons (Fsp3) is 0.167. The van der Waals surface area contributed by atoms with Gasteiger partial charge in [-0.3, -0.25) is 33.7 Å². The van der Waals surface area contributed by atoms with E-state index >= 15 is 0 Å². The van der Waals surface area contributed by atoms with Gasteiger partial charge in [-0.15, -0.1) is 0 Å². The second-order valence-electron chi connectivity index (χ2n) is 6.66. The topological polar surface area (TPSA) is 168 Å². The molecule has 0 unspecified atom stereocenters. The SMILES string of the molecule is Cc1cc2nc3c(=O)n(C)c(=O)n(C)c3nc2cc1N=Cc1c(O)[nH]c(=O)[nH]c1=O. The summed E-state index contributed by atoms with van der Waals surface area (Å²) >= 11 is 0. The van der Waals surface area contributed by atoms with E-state index in [1.807, 2.05) is 4.98 Å². The summed E-state index contributed by atoms with van der Waals surface area (Å²) < 4.78 is 2.19. The molecule has 30 heavy (non-hydrogen) atoms. The van der Waals surface area contributed by atoms with E-state index in [4.69, 9.17) is 0 Å². The molecular weight excluding hydrogens is 394 g/mol. The summed E-state index contributed by atoms with van der Waals surface area (Å²) in [5, 5.41) is 9.76. The van der Waals surface area contributed by atoms with Crippen molar-refractivity contribution in [1.82, 2.24) is 29.1 Å². The molecule has 0 bridgehead atoms. The maximum absolute atomic E-state index is 12.4. The van der Waals surface area contributed by atoms with E-state index in [1.54, 1.807) is 19.1 Å². The van der Waals surface area contributed by atoms with E-state index in [-0.39, 0.29) is 16.7 Å². The molecule has 0 fully saturated rings. The molecule has 0 saturated carbocycles. The van der Waals surface area contributed by atoms with Crippen LogP contribution in [0.15, 0.2) is 36.3 Å². The third kappa shape index (κ3) is 2.90. The average Bonchev–Trinajstić information content (AvgIpc) is 2.69. The Hall–Kier alpha value is -4.35. The maximum Gasteiger partial charge on any atom is 0.332 e. The number of aromatic hydroxyl groups is 1. The number of aromatic amines is 2. The fourth-order valence-corrected chi connectivity index (χ4v) is 3.00. The van der Waals surface area contributed by atoms with Crippen LogP contribution in [0.5, 0.6) is 5.88 Å². The van der Waals surface area contributed by atoms with Crippen LogP contribution in [0.2, 0.25) is 0 Å². The molecule has 0 amide bonds. The van der Waals surface area contributed by atoms with Crippen molar-refractivity contribution < 1.29 is 5.11 Å². The summed E-state index contributed by atoms with van der Waals surface area (Å²) in [5.74, 6) is -0.609. The van der Waals surface area contributed by atoms with Gasteiger partial charge in [-0.05, 0) is 24.6 Å². The molecule has 3 N–H and O–H groups in total. The van der Waals surface area contributed by atoms with Crippen LogP contribution in [0.3, 0.4) is 0 Å². The van der Waals surface area contributed by atoms with Gasteiger partial charge in [0.2, 0.25) is 5.88 Å². The summed E-state index contributed by atoms with van der Waals surface area (Å²) in [6, 6.07) is 3.24. The average molecular weight is 409 g/mol. The lowest BCUT2D eigenvalue weighted by Crippen LogP contribution is -2.37. The van der Waals surface area contributed by atoms with E-state index in [0.29, 0.717) is 22.3 Å². The van der Waals surface area contributed by atoms with Crippen LogP contribution in [0.25, 0.3) is 22.2 Å². The van der Waals surface area contributed by atoms with E-state index < -0.39 is 28.4 Å². The molecule has 0 spiro atoms. The molecule has 4 rings (SSSR count). The Balaban J connectivity index is 1.93. The van der Waals surface area contributed by atoms with Crippen LogP contribution in [0, 0.1) is 6.92 Å². The third-order valence-electron chi connectivity index (χ3n) is 4.65. The Labute approximate surface area is 165 Å². The summed E-state index contributed by atoms with van der Waals surface area (Å²) in [6.07, 6.45) is 1.11. The van der Waals surface area contributed by atoms with Gasteiger partial charge >= 0.3 is 11.4 Å². The minimum atomic E-state index is -0.838. The van der Waals surface area contributed by atoms with Crippen LogP contribution < -0.4 is 22.5 Å². The maximum atomic E-state index is 12.4. The minimum Gasteiger partial charge on any atom is -0.494 e. The smallest absolute Gasteiger partial charge is 0.332 e. The molecule has 0 aliphatic rings. The van der Waals surface area contributed by atoms with Crippen molar-refractivity contribution in [3.05, 3.63) is 64.9 Å². The number of benzene rings is 1. The first-order valence-electron chi connectivity index (χ1n) is 8.65. The van der Waals surface area contributed by atoms with E-state index in [9.17, 15) is 24.3 Å². The van der Waals surface area contributed by atoms with Gasteiger partial charge in [0, 0.05) is 20.3 Å². The second-order valence-corrected chi connectivity index (χ2v) is 6.66. The number of rotatable bonds is 2. The molecule has 0 atom stereocenters. The highest BCUT2D eigenvalue weighted by Gasteiger charge is 2.14. The standard InChI is InChI=1S/C18H15N7O5/c1-7-4-10-11(21-13-12(20-10)16(28)25(3)18(30)24(13)2)5-9(7)19-6-8-14(26)22-17(29)23-15(8)27/h4-6H,1-3H3,(H3,22,23,26,27,29). The van der Waals surface area contributed by atoms with Crippen LogP contribution in [0.4, 0.5) is 5.69 Å². The number of aliphatic imine (C=N–C) groups is 1. The Bertz CT molecular complexity index is 1620. The summed E-state index contributed by atoms with van der Waals surface area (Å²) in [4.78, 5) is 64.6. The lowest BCUT2D eigenvalue weighted by Gasteiger charge is -2.08. The van der Waals surface area contributed by atoms with Gasteiger partial charge in [0.25, 0.3) is 11.1 Å². The number of hydrogen-bond acceptors (Lipinski definition) is 8. The molecule has 12 heteroatoms. The number of hydrogen-bond donors (Lipinski definition) is 3. The van der Waals surface area contributed by atoms with E-state index in [0.717, 1.165) is 10.8 Å². The number of aryl methyl sites for hydroxylation is 2. The molecular formula is C18H15N7O5. The first-order chi connectivity index (χ1) is 14.2. The zero-order chi connectivity index (χ0) is 21.7. The lowest BCUT2D eigenvalue weighted by atomic mass is 10.1. The molecule has 0 aliphatic heterocycles. The van der Waals surface area contributed by atoms with Crippen molar-refractivity contribution in [2.24, 2.45) is 19.1 Å². The van der Waals surface area contributed by atoms with Crippen LogP contribution in [0.1, 0.15) is 11.1 Å². The van der Waals surface area contributed by atoms with E-state index in [1.165, 1.54) is 18.7 Å². The van der Waals surface area contributed by atoms with Gasteiger partial charge in [0.15, 0.2) is 11.2 Å². The molecule has 152 valence electrons. The third-order valence-corrected chi connectivity index (χ3v) is 4.65. The van der Waals surface area contributed by atoms with E-state index in [2.05, 4.69) is 19.9 Å². The number of H-pyrrole nitrogens is 2. The van der Waals surface area contributed by atoms with Crippen molar-refractivity contribution >= 4 is 34.1 Å². The van der Waals surface area contributed by atoms with Gasteiger partial charge in [0.1, 0.15) is 5.56 Å². The number of nitrogens with one attached hydrogen (secondary N) is 2. The van der Waals surface area contributed by atoms with Gasteiger partial charge in [-0.25, -0.2) is 19.6 Å². The van der Waals surface area contributed by atoms with Crippen molar-refractivity contribution in [3.63, 3.8) is 0 Å². The Kier molecular flexibility index (Phi) is 4.19. The van der Waals surface area contributed by atoms with Crippen molar-refractivity contribution in [1.29, 1.82) is 0 Å². The number of aromatic nitrogens is 6. The van der Waals surface area contributed by atoms with Gasteiger partial charge in [-0.2, -0.15) is 0 Å². The quantitative estimate of drug-likeness (QED) is 0.291. The monoisotopic (exact) mass is 409 g/mol. The molecule has 1 aromatic carbocycles. The molecule has 0 aliphatic carbocycles. The van der Waals surface area contributed by atoms with Crippen molar-refractivity contribution in [2.45, 2.75) is 6.92 Å². The summed E-state index contributed by atoms with van der Waals surface area (Å²) in [6.45, 7) is 1.74. The largest absolute Gasteiger partial charge is 0.494 e. The summed E-state index contributed by atoms with van der Waals surface area (Å²) in [7, 11) is 2.86. The molecule has 3 heterocycles. The highest BCUT2D eigenvalue weighted by molar-refractivity contribution is 5.89. The lowest BCUT2D eigenvalue weighted by molar-refractivity contribution is 0.447. The van der Waals surface area contributed by atoms with Crippen molar-refractivity contribution in [2.75, 3.05) is 0 Å². The van der Waals surface area contributed by atoms with Gasteiger partial charge in [0.05, 0.1) is 16.7 Å². The molecule has 4 aromatic rings. The number of nitrogens with zero attached hydrogens (tertiary/aromatic N) is 5. The highest BCUT2D eigenvalue weighted by atomic mass is 16.3. The molecule has 0 radical (unpaired) electrons. The minimum absolute atomic E-state index is 0.0625. The number of fused-ring (bicyclic) bond motifs is 2. The van der Waals surface area contributed by atoms with Crippen molar-refractivity contribution in [3.8, 4) is 5.88 Å². The van der Waals surface area contributed by atoms with Crippen LogP contribution in [-0.4, -0.2) is 40.4 Å².